The second-order valence-corrected chi connectivity index (χ2v) is 8.01. The zero-order valence-corrected chi connectivity index (χ0v) is 19.4. The van der Waals surface area contributed by atoms with Crippen molar-refractivity contribution in [2.75, 3.05) is 25.1 Å². The normalized spacial score (nSPS) is 13.2. The fourth-order valence-electron chi connectivity index (χ4n) is 2.62. The SMILES string of the molecule is CSCCC(NC(=O)C(CCC(N)=O)NC(=O)C(CCCN=C(N)N)NC(=O)CN)C(=O)O. The molecule has 0 spiro atoms. The van der Waals surface area contributed by atoms with Crippen LogP contribution in [0.3, 0.4) is 0 Å². The molecule has 15 heteroatoms. The van der Waals surface area contributed by atoms with Gasteiger partial charge < -0.3 is 44.0 Å². The molecule has 0 saturated carbocycles. The number of aliphatic carboxylic acids is 1. The third-order valence-electron chi connectivity index (χ3n) is 4.32. The van der Waals surface area contributed by atoms with Crippen LogP contribution in [-0.2, 0) is 24.0 Å². The highest BCUT2D eigenvalue weighted by Crippen LogP contribution is 2.06. The van der Waals surface area contributed by atoms with Crippen molar-refractivity contribution in [3.8, 4) is 0 Å². The Balaban J connectivity index is 5.41. The van der Waals surface area contributed by atoms with Gasteiger partial charge in [0.05, 0.1) is 6.54 Å². The Bertz CT molecular complexity index is 716. The third-order valence-corrected chi connectivity index (χ3v) is 4.96. The molecular weight excluding hydrogens is 456 g/mol. The molecule has 0 saturated heterocycles. The van der Waals surface area contributed by atoms with E-state index in [1.165, 1.54) is 11.8 Å². The fourth-order valence-corrected chi connectivity index (χ4v) is 3.09. The number of thioether (sulfide) groups is 1. The van der Waals surface area contributed by atoms with Gasteiger partial charge in [0.15, 0.2) is 5.96 Å². The number of carboxylic acids is 1. The molecule has 0 aliphatic rings. The Hall–Kier alpha value is -3.07. The number of hydrogen-bond acceptors (Lipinski definition) is 8. The van der Waals surface area contributed by atoms with Crippen molar-refractivity contribution in [3.63, 3.8) is 0 Å². The highest BCUT2D eigenvalue weighted by atomic mass is 32.2. The molecule has 0 aromatic carbocycles. The summed E-state index contributed by atoms with van der Waals surface area (Å²) in [5.74, 6) is -3.68. The van der Waals surface area contributed by atoms with Gasteiger partial charge in [-0.05, 0) is 37.7 Å². The van der Waals surface area contributed by atoms with E-state index in [0.29, 0.717) is 12.2 Å². The number of carboxylic acid groups (broad SMARTS) is 1. The number of hydrogen-bond donors (Lipinski definition) is 8. The Kier molecular flexibility index (Phi) is 15.0. The molecule has 12 N–H and O–H groups in total. The van der Waals surface area contributed by atoms with E-state index in [9.17, 15) is 29.1 Å². The summed E-state index contributed by atoms with van der Waals surface area (Å²) in [6.45, 7) is -0.162. The number of carbonyl (C=O) groups is 5. The van der Waals surface area contributed by atoms with Crippen LogP contribution >= 0.6 is 11.8 Å². The van der Waals surface area contributed by atoms with Gasteiger partial charge in [0.1, 0.15) is 18.1 Å². The Labute approximate surface area is 196 Å². The van der Waals surface area contributed by atoms with Crippen molar-refractivity contribution in [2.24, 2.45) is 27.9 Å². The van der Waals surface area contributed by atoms with Crippen LogP contribution in [0.2, 0.25) is 0 Å². The minimum atomic E-state index is -1.25. The smallest absolute Gasteiger partial charge is 0.326 e. The number of aliphatic imine (C=N–C) groups is 1. The van der Waals surface area contributed by atoms with Gasteiger partial charge in [0, 0.05) is 13.0 Å². The summed E-state index contributed by atoms with van der Waals surface area (Å²) in [5, 5.41) is 16.6. The standard InChI is InChI=1S/C18H34N8O6S/c1-33-8-6-12(17(31)32)26-16(30)11(4-5-13(20)27)25-15(29)10(24-14(28)9-19)3-2-7-23-18(21)22/h10-12H,2-9,19H2,1H3,(H2,20,27)(H,24,28)(H,25,29)(H,26,30)(H,31,32)(H4,21,22,23). The lowest BCUT2D eigenvalue weighted by Gasteiger charge is -2.24. The summed E-state index contributed by atoms with van der Waals surface area (Å²) in [4.78, 5) is 63.7. The van der Waals surface area contributed by atoms with Crippen LogP contribution in [0, 0.1) is 0 Å². The van der Waals surface area contributed by atoms with Gasteiger partial charge in [-0.3, -0.25) is 24.2 Å². The van der Waals surface area contributed by atoms with Crippen LogP contribution in [0.25, 0.3) is 0 Å². The second-order valence-electron chi connectivity index (χ2n) is 7.02. The first-order chi connectivity index (χ1) is 15.5. The number of nitrogens with one attached hydrogen (secondary N) is 3. The lowest BCUT2D eigenvalue weighted by molar-refractivity contribution is -0.142. The number of carbonyl (C=O) groups excluding carboxylic acids is 4. The summed E-state index contributed by atoms with van der Waals surface area (Å²) in [5.41, 5.74) is 21.0. The summed E-state index contributed by atoms with van der Waals surface area (Å²) in [6.07, 6.45) is 2.02. The molecule has 0 heterocycles. The van der Waals surface area contributed by atoms with Gasteiger partial charge in [0.2, 0.25) is 23.6 Å². The molecule has 0 aromatic heterocycles. The monoisotopic (exact) mass is 490 g/mol. The molecule has 14 nitrogen and oxygen atoms in total. The van der Waals surface area contributed by atoms with Gasteiger partial charge in [0.25, 0.3) is 0 Å². The predicted molar refractivity (Wildman–Crippen MR) is 124 cm³/mol. The largest absolute Gasteiger partial charge is 0.480 e. The predicted octanol–water partition coefficient (Wildman–Crippen LogP) is -3.44. The summed E-state index contributed by atoms with van der Waals surface area (Å²) >= 11 is 1.41. The first kappa shape index (κ1) is 29.9. The molecule has 0 bridgehead atoms. The van der Waals surface area contributed by atoms with Gasteiger partial charge in [-0.1, -0.05) is 0 Å². The molecule has 0 rings (SSSR count). The molecule has 0 fully saturated rings. The molecule has 0 aliphatic heterocycles. The molecular formula is C18H34N8O6S. The van der Waals surface area contributed by atoms with E-state index in [1.54, 1.807) is 6.26 Å². The highest BCUT2D eigenvalue weighted by molar-refractivity contribution is 7.98. The van der Waals surface area contributed by atoms with Crippen molar-refractivity contribution in [1.29, 1.82) is 0 Å². The first-order valence-corrected chi connectivity index (χ1v) is 11.6. The molecule has 33 heavy (non-hydrogen) atoms. The van der Waals surface area contributed by atoms with Crippen molar-refractivity contribution in [2.45, 2.75) is 50.2 Å². The molecule has 0 radical (unpaired) electrons. The van der Waals surface area contributed by atoms with Gasteiger partial charge in [-0.25, -0.2) is 4.79 Å². The van der Waals surface area contributed by atoms with Crippen LogP contribution in [0.4, 0.5) is 0 Å². The fraction of sp³-hybridized carbons (Fsp3) is 0.667. The van der Waals surface area contributed by atoms with Crippen molar-refractivity contribution in [1.82, 2.24) is 16.0 Å². The van der Waals surface area contributed by atoms with Gasteiger partial charge >= 0.3 is 5.97 Å². The molecule has 4 amide bonds. The lowest BCUT2D eigenvalue weighted by atomic mass is 10.1. The van der Waals surface area contributed by atoms with E-state index in [1.807, 2.05) is 0 Å². The molecule has 3 unspecified atom stereocenters. The first-order valence-electron chi connectivity index (χ1n) is 10.2. The number of nitrogens with two attached hydrogens (primary N) is 4. The minimum Gasteiger partial charge on any atom is -0.480 e. The zero-order chi connectivity index (χ0) is 25.4. The number of guanidine groups is 1. The van der Waals surface area contributed by atoms with Crippen LogP contribution in [0.1, 0.15) is 32.1 Å². The number of rotatable bonds is 17. The highest BCUT2D eigenvalue weighted by Gasteiger charge is 2.29. The van der Waals surface area contributed by atoms with Crippen molar-refractivity contribution < 1.29 is 29.1 Å². The van der Waals surface area contributed by atoms with E-state index >= 15 is 0 Å². The maximum atomic E-state index is 12.8. The molecule has 188 valence electrons. The Morgan fingerprint density at radius 1 is 0.909 bits per heavy atom. The summed E-state index contributed by atoms with van der Waals surface area (Å²) in [6, 6.07) is -3.49. The van der Waals surface area contributed by atoms with Crippen LogP contribution in [0.15, 0.2) is 4.99 Å². The molecule has 0 aliphatic carbocycles. The van der Waals surface area contributed by atoms with E-state index in [-0.39, 0.29) is 44.7 Å². The van der Waals surface area contributed by atoms with Crippen LogP contribution < -0.4 is 38.9 Å². The zero-order valence-electron chi connectivity index (χ0n) is 18.5. The van der Waals surface area contributed by atoms with Gasteiger partial charge in [-0.15, -0.1) is 0 Å². The molecule has 0 aromatic rings. The van der Waals surface area contributed by atoms with E-state index in [2.05, 4.69) is 20.9 Å². The maximum absolute atomic E-state index is 12.8. The van der Waals surface area contributed by atoms with Crippen molar-refractivity contribution in [3.05, 3.63) is 0 Å². The third kappa shape index (κ3) is 13.8. The van der Waals surface area contributed by atoms with Gasteiger partial charge in [-0.2, -0.15) is 11.8 Å². The van der Waals surface area contributed by atoms with E-state index in [0.717, 1.165) is 0 Å². The van der Waals surface area contributed by atoms with Crippen LogP contribution in [0.5, 0.6) is 0 Å². The summed E-state index contributed by atoms with van der Waals surface area (Å²) < 4.78 is 0. The second kappa shape index (κ2) is 16.5. The lowest BCUT2D eigenvalue weighted by Crippen LogP contribution is -2.56. The molecule has 3 atom stereocenters. The quantitative estimate of drug-likeness (QED) is 0.0568. The maximum Gasteiger partial charge on any atom is 0.326 e. The van der Waals surface area contributed by atoms with Crippen molar-refractivity contribution >= 4 is 47.3 Å². The van der Waals surface area contributed by atoms with Crippen LogP contribution in [-0.4, -0.2) is 83.9 Å². The minimum absolute atomic E-state index is 0.125. The average Bonchev–Trinajstić information content (AvgIpc) is 2.74. The number of primary amides is 1. The average molecular weight is 491 g/mol. The topological polar surface area (TPSA) is 258 Å². The number of nitrogens with zero attached hydrogens (tertiary/aromatic N) is 1. The Morgan fingerprint density at radius 2 is 1.48 bits per heavy atom. The van der Waals surface area contributed by atoms with E-state index in [4.69, 9.17) is 22.9 Å². The Morgan fingerprint density at radius 3 is 1.97 bits per heavy atom. The number of amides is 4. The summed E-state index contributed by atoms with van der Waals surface area (Å²) in [7, 11) is 0. The van der Waals surface area contributed by atoms with E-state index < -0.39 is 47.7 Å².